The molecule has 1 amide bonds. The van der Waals surface area contributed by atoms with E-state index in [2.05, 4.69) is 36.3 Å². The van der Waals surface area contributed by atoms with E-state index in [9.17, 15) is 9.18 Å². The minimum absolute atomic E-state index is 0.269. The van der Waals surface area contributed by atoms with E-state index in [-0.39, 0.29) is 11.5 Å². The van der Waals surface area contributed by atoms with E-state index in [4.69, 9.17) is 4.42 Å². The summed E-state index contributed by atoms with van der Waals surface area (Å²) in [4.78, 5) is 16.9. The Morgan fingerprint density at radius 3 is 2.62 bits per heavy atom. The van der Waals surface area contributed by atoms with Gasteiger partial charge < -0.3 is 9.73 Å². The summed E-state index contributed by atoms with van der Waals surface area (Å²) >= 11 is 0. The van der Waals surface area contributed by atoms with Gasteiger partial charge in [-0.1, -0.05) is 26.0 Å². The number of hydrogen-bond acceptors (Lipinski definition) is 3. The van der Waals surface area contributed by atoms with Gasteiger partial charge in [-0.25, -0.2) is 9.37 Å². The highest BCUT2D eigenvalue weighted by atomic mass is 19.1. The van der Waals surface area contributed by atoms with Gasteiger partial charge in [0, 0.05) is 16.8 Å². The number of oxazole rings is 1. The second-order valence-electron chi connectivity index (χ2n) is 7.10. The Balaban J connectivity index is 1.53. The van der Waals surface area contributed by atoms with Gasteiger partial charge in [0.25, 0.3) is 5.91 Å². The largest absolute Gasteiger partial charge is 0.436 e. The van der Waals surface area contributed by atoms with Gasteiger partial charge in [-0.2, -0.15) is 0 Å². The highest BCUT2D eigenvalue weighted by Gasteiger charge is 2.12. The van der Waals surface area contributed by atoms with Gasteiger partial charge in [0.15, 0.2) is 5.58 Å². The van der Waals surface area contributed by atoms with Gasteiger partial charge in [-0.15, -0.1) is 0 Å². The summed E-state index contributed by atoms with van der Waals surface area (Å²) in [6, 6.07) is 18.9. The van der Waals surface area contributed by atoms with Crippen molar-refractivity contribution in [2.45, 2.75) is 26.2 Å². The molecule has 0 aliphatic rings. The molecule has 1 aromatic heterocycles. The predicted molar refractivity (Wildman–Crippen MR) is 113 cm³/mol. The fraction of sp³-hybridized carbons (Fsp3) is 0.167. The molecule has 0 saturated heterocycles. The lowest BCUT2D eigenvalue weighted by Crippen LogP contribution is -2.11. The van der Waals surface area contributed by atoms with E-state index in [0.29, 0.717) is 17.5 Å². The molecule has 29 heavy (non-hydrogen) atoms. The van der Waals surface area contributed by atoms with E-state index < -0.39 is 5.82 Å². The van der Waals surface area contributed by atoms with Crippen molar-refractivity contribution in [3.8, 4) is 11.5 Å². The van der Waals surface area contributed by atoms with E-state index in [0.717, 1.165) is 23.1 Å². The first-order valence-electron chi connectivity index (χ1n) is 9.61. The van der Waals surface area contributed by atoms with E-state index in [1.54, 1.807) is 18.2 Å². The van der Waals surface area contributed by atoms with Gasteiger partial charge >= 0.3 is 0 Å². The fourth-order valence-corrected chi connectivity index (χ4v) is 3.14. The van der Waals surface area contributed by atoms with Crippen molar-refractivity contribution in [2.75, 3.05) is 5.32 Å². The van der Waals surface area contributed by atoms with Crippen LogP contribution in [0.3, 0.4) is 0 Å². The van der Waals surface area contributed by atoms with E-state index in [1.165, 1.54) is 23.8 Å². The van der Waals surface area contributed by atoms with Crippen LogP contribution < -0.4 is 5.32 Å². The first-order chi connectivity index (χ1) is 14.0. The molecule has 4 nitrogen and oxygen atoms in total. The zero-order chi connectivity index (χ0) is 20.4. The minimum Gasteiger partial charge on any atom is -0.436 e. The maximum Gasteiger partial charge on any atom is 0.255 e. The first-order valence-corrected chi connectivity index (χ1v) is 9.61. The summed E-state index contributed by atoms with van der Waals surface area (Å²) in [6.45, 7) is 4.36. The van der Waals surface area contributed by atoms with Crippen molar-refractivity contribution in [3.05, 3.63) is 83.7 Å². The highest BCUT2D eigenvalue weighted by molar-refractivity contribution is 6.04. The predicted octanol–water partition coefficient (Wildman–Crippen LogP) is 6.40. The van der Waals surface area contributed by atoms with Crippen LogP contribution in [-0.4, -0.2) is 10.9 Å². The van der Waals surface area contributed by atoms with Gasteiger partial charge in [0.1, 0.15) is 11.3 Å². The number of carbonyl (C=O) groups is 1. The topological polar surface area (TPSA) is 55.1 Å². The Morgan fingerprint density at radius 1 is 1.10 bits per heavy atom. The normalized spacial score (nSPS) is 12.1. The molecule has 0 spiro atoms. The average molecular weight is 388 g/mol. The lowest BCUT2D eigenvalue weighted by atomic mass is 9.98. The maximum absolute atomic E-state index is 13.3. The first kappa shape index (κ1) is 18.9. The average Bonchev–Trinajstić information content (AvgIpc) is 3.17. The van der Waals surface area contributed by atoms with E-state index in [1.807, 2.05) is 18.2 Å². The molecule has 4 rings (SSSR count). The lowest BCUT2D eigenvalue weighted by Gasteiger charge is -2.07. The number of aromatic nitrogens is 1. The Bertz CT molecular complexity index is 1170. The zero-order valence-electron chi connectivity index (χ0n) is 16.3. The molecular weight excluding hydrogens is 367 g/mol. The number of amides is 1. The quantitative estimate of drug-likeness (QED) is 0.430. The second kappa shape index (κ2) is 7.87. The molecule has 146 valence electrons. The molecule has 0 aliphatic heterocycles. The third kappa shape index (κ3) is 4.04. The summed E-state index contributed by atoms with van der Waals surface area (Å²) in [5.41, 5.74) is 4.52. The van der Waals surface area contributed by atoms with Crippen LogP contribution in [0.25, 0.3) is 22.6 Å². The summed E-state index contributed by atoms with van der Waals surface area (Å²) < 4.78 is 19.2. The van der Waals surface area contributed by atoms with Gasteiger partial charge in [-0.3, -0.25) is 4.79 Å². The van der Waals surface area contributed by atoms with Crippen LogP contribution >= 0.6 is 0 Å². The number of nitrogens with one attached hydrogen (secondary N) is 1. The number of rotatable bonds is 5. The van der Waals surface area contributed by atoms with Crippen molar-refractivity contribution >= 4 is 22.7 Å². The van der Waals surface area contributed by atoms with Crippen molar-refractivity contribution in [3.63, 3.8) is 0 Å². The number of fused-ring (bicyclic) bond motifs is 1. The molecule has 1 heterocycles. The Hall–Kier alpha value is -3.47. The Morgan fingerprint density at radius 2 is 1.90 bits per heavy atom. The Kier molecular flexibility index (Phi) is 5.12. The monoisotopic (exact) mass is 388 g/mol. The number of carbonyl (C=O) groups excluding carboxylic acids is 1. The van der Waals surface area contributed by atoms with Crippen LogP contribution in [-0.2, 0) is 0 Å². The number of anilines is 1. The maximum atomic E-state index is 13.3. The standard InChI is InChI=1S/C24H21FN2O2/c1-3-15(2)17-9-12-22-21(14-17)27-24(29-22)16-7-10-20(11-8-16)26-23(28)18-5-4-6-19(25)13-18/h4-15H,3H2,1-2H3,(H,26,28)/t15-/m1/s1. The second-order valence-corrected chi connectivity index (χ2v) is 7.10. The molecule has 1 atom stereocenters. The van der Waals surface area contributed by atoms with Crippen LogP contribution in [0.4, 0.5) is 10.1 Å². The molecule has 4 aromatic rings. The molecule has 5 heteroatoms. The smallest absolute Gasteiger partial charge is 0.255 e. The zero-order valence-corrected chi connectivity index (χ0v) is 16.3. The van der Waals surface area contributed by atoms with Gasteiger partial charge in [0.2, 0.25) is 5.89 Å². The number of halogens is 1. The molecule has 0 unspecified atom stereocenters. The number of hydrogen-bond donors (Lipinski definition) is 1. The minimum atomic E-state index is -0.444. The van der Waals surface area contributed by atoms with Crippen LogP contribution in [0.5, 0.6) is 0 Å². The number of benzene rings is 3. The summed E-state index contributed by atoms with van der Waals surface area (Å²) in [7, 11) is 0. The molecule has 0 fully saturated rings. The molecule has 0 aliphatic carbocycles. The fourth-order valence-electron chi connectivity index (χ4n) is 3.14. The van der Waals surface area contributed by atoms with Crippen molar-refractivity contribution in [1.29, 1.82) is 0 Å². The molecule has 3 aromatic carbocycles. The van der Waals surface area contributed by atoms with Crippen LogP contribution in [0.1, 0.15) is 42.1 Å². The van der Waals surface area contributed by atoms with Crippen molar-refractivity contribution < 1.29 is 13.6 Å². The van der Waals surface area contributed by atoms with Crippen molar-refractivity contribution in [1.82, 2.24) is 4.98 Å². The van der Waals surface area contributed by atoms with Gasteiger partial charge in [-0.05, 0) is 72.5 Å². The molecule has 1 N–H and O–H groups in total. The van der Waals surface area contributed by atoms with Crippen LogP contribution in [0.15, 0.2) is 71.1 Å². The summed E-state index contributed by atoms with van der Waals surface area (Å²) in [6.07, 6.45) is 1.07. The van der Waals surface area contributed by atoms with Crippen LogP contribution in [0, 0.1) is 5.82 Å². The number of nitrogens with zero attached hydrogens (tertiary/aromatic N) is 1. The molecule has 0 radical (unpaired) electrons. The lowest BCUT2D eigenvalue weighted by molar-refractivity contribution is 0.102. The van der Waals surface area contributed by atoms with E-state index >= 15 is 0 Å². The summed E-state index contributed by atoms with van der Waals surface area (Å²) in [5.74, 6) is 0.196. The SMILES string of the molecule is CC[C@@H](C)c1ccc2oc(-c3ccc(NC(=O)c4cccc(F)c4)cc3)nc2c1. The Labute approximate surface area is 168 Å². The third-order valence-corrected chi connectivity index (χ3v) is 5.07. The molecule has 0 bridgehead atoms. The molecular formula is C24H21FN2O2. The van der Waals surface area contributed by atoms with Gasteiger partial charge in [0.05, 0.1) is 0 Å². The highest BCUT2D eigenvalue weighted by Crippen LogP contribution is 2.28. The summed E-state index contributed by atoms with van der Waals surface area (Å²) in [5, 5.41) is 2.76. The van der Waals surface area contributed by atoms with Crippen LogP contribution in [0.2, 0.25) is 0 Å². The molecule has 0 saturated carbocycles. The third-order valence-electron chi connectivity index (χ3n) is 5.07. The van der Waals surface area contributed by atoms with Crippen molar-refractivity contribution in [2.24, 2.45) is 0 Å².